The predicted octanol–water partition coefficient (Wildman–Crippen LogP) is 1.73. The molecule has 0 aliphatic rings. The molecular weight excluding hydrogens is 266 g/mol. The molecule has 0 aliphatic carbocycles. The molecule has 20 heavy (non-hydrogen) atoms. The van der Waals surface area contributed by atoms with E-state index in [1.165, 1.54) is 6.07 Å². The summed E-state index contributed by atoms with van der Waals surface area (Å²) >= 11 is 0. The van der Waals surface area contributed by atoms with Gasteiger partial charge in [0.2, 0.25) is 0 Å². The Morgan fingerprint density at radius 1 is 1.20 bits per heavy atom. The van der Waals surface area contributed by atoms with Crippen LogP contribution in [0.15, 0.2) is 30.3 Å². The van der Waals surface area contributed by atoms with Crippen LogP contribution >= 0.6 is 0 Å². The lowest BCUT2D eigenvalue weighted by Gasteiger charge is -2.06. The van der Waals surface area contributed by atoms with Gasteiger partial charge in [-0.3, -0.25) is 4.79 Å². The van der Waals surface area contributed by atoms with Crippen molar-refractivity contribution in [3.8, 4) is 0 Å². The summed E-state index contributed by atoms with van der Waals surface area (Å²) < 4.78 is 26.3. The van der Waals surface area contributed by atoms with Gasteiger partial charge in [-0.15, -0.1) is 10.2 Å². The van der Waals surface area contributed by atoms with Gasteiger partial charge in [0, 0.05) is 19.2 Å². The third kappa shape index (κ3) is 3.25. The molecule has 0 atom stereocenters. The van der Waals surface area contributed by atoms with Crippen LogP contribution in [-0.4, -0.2) is 23.2 Å². The van der Waals surface area contributed by atoms with E-state index in [-0.39, 0.29) is 17.8 Å². The molecule has 1 heterocycles. The van der Waals surface area contributed by atoms with Crippen molar-refractivity contribution in [2.24, 2.45) is 0 Å². The van der Waals surface area contributed by atoms with Crippen LogP contribution in [0.25, 0.3) is 0 Å². The van der Waals surface area contributed by atoms with E-state index < -0.39 is 17.5 Å². The summed E-state index contributed by atoms with van der Waals surface area (Å²) in [6.07, 6.45) is 0. The molecule has 1 aromatic carbocycles. The van der Waals surface area contributed by atoms with Gasteiger partial charge in [0.05, 0.1) is 0 Å². The number of halogens is 2. The highest BCUT2D eigenvalue weighted by Crippen LogP contribution is 2.09. The van der Waals surface area contributed by atoms with Crippen LogP contribution in [0.5, 0.6) is 0 Å². The van der Waals surface area contributed by atoms with Gasteiger partial charge in [0.25, 0.3) is 5.91 Å². The van der Waals surface area contributed by atoms with Gasteiger partial charge in [-0.25, -0.2) is 8.78 Å². The topological polar surface area (TPSA) is 66.9 Å². The van der Waals surface area contributed by atoms with Crippen molar-refractivity contribution in [2.45, 2.75) is 6.54 Å². The summed E-state index contributed by atoms with van der Waals surface area (Å²) in [5, 5.41) is 12.7. The standard InChI is InChI=1S/C13H12F2N4O/c1-16-12-5-4-11(18-19-12)13(20)17-7-8-6-9(14)2-3-10(8)15/h2-6H,7H2,1H3,(H,16,19)(H,17,20). The van der Waals surface area contributed by atoms with E-state index in [4.69, 9.17) is 0 Å². The maximum atomic E-state index is 13.4. The number of amides is 1. The molecule has 1 aromatic heterocycles. The number of hydrogen-bond acceptors (Lipinski definition) is 4. The summed E-state index contributed by atoms with van der Waals surface area (Å²) in [5.41, 5.74) is 0.166. The van der Waals surface area contributed by atoms with E-state index in [1.54, 1.807) is 13.1 Å². The smallest absolute Gasteiger partial charge is 0.272 e. The third-order valence-corrected chi connectivity index (χ3v) is 2.60. The van der Waals surface area contributed by atoms with Gasteiger partial charge in [0.1, 0.15) is 17.5 Å². The molecular formula is C13H12F2N4O. The Labute approximate surface area is 114 Å². The highest BCUT2D eigenvalue weighted by Gasteiger charge is 2.10. The molecule has 104 valence electrons. The Morgan fingerprint density at radius 2 is 2.00 bits per heavy atom. The zero-order chi connectivity index (χ0) is 14.5. The second-order valence-corrected chi connectivity index (χ2v) is 3.97. The monoisotopic (exact) mass is 278 g/mol. The summed E-state index contributed by atoms with van der Waals surface area (Å²) in [4.78, 5) is 11.8. The van der Waals surface area contributed by atoms with E-state index in [0.29, 0.717) is 5.82 Å². The van der Waals surface area contributed by atoms with Crippen molar-refractivity contribution < 1.29 is 13.6 Å². The van der Waals surface area contributed by atoms with E-state index in [2.05, 4.69) is 20.8 Å². The zero-order valence-electron chi connectivity index (χ0n) is 10.7. The van der Waals surface area contributed by atoms with Gasteiger partial charge >= 0.3 is 0 Å². The number of nitrogens with one attached hydrogen (secondary N) is 2. The second kappa shape index (κ2) is 6.05. The minimum atomic E-state index is -0.580. The van der Waals surface area contributed by atoms with Crippen LogP contribution in [0, 0.1) is 11.6 Å². The molecule has 5 nitrogen and oxygen atoms in total. The van der Waals surface area contributed by atoms with Gasteiger partial charge in [-0.1, -0.05) is 0 Å². The van der Waals surface area contributed by atoms with E-state index in [0.717, 1.165) is 18.2 Å². The lowest BCUT2D eigenvalue weighted by Crippen LogP contribution is -2.24. The molecule has 0 saturated heterocycles. The Balaban J connectivity index is 2.02. The Morgan fingerprint density at radius 3 is 2.65 bits per heavy atom. The first-order valence-corrected chi connectivity index (χ1v) is 5.84. The quantitative estimate of drug-likeness (QED) is 0.893. The molecule has 0 bridgehead atoms. The largest absolute Gasteiger partial charge is 0.372 e. The van der Waals surface area contributed by atoms with Crippen molar-refractivity contribution >= 4 is 11.7 Å². The highest BCUT2D eigenvalue weighted by atomic mass is 19.1. The molecule has 0 unspecified atom stereocenters. The minimum absolute atomic E-state index is 0.0677. The second-order valence-electron chi connectivity index (χ2n) is 3.97. The Bertz CT molecular complexity index is 616. The summed E-state index contributed by atoms with van der Waals surface area (Å²) in [6, 6.07) is 6.13. The Kier molecular flexibility index (Phi) is 4.19. The van der Waals surface area contributed by atoms with Crippen LogP contribution in [0.1, 0.15) is 16.1 Å². The highest BCUT2D eigenvalue weighted by molar-refractivity contribution is 5.92. The fraction of sp³-hybridized carbons (Fsp3) is 0.154. The van der Waals surface area contributed by atoms with E-state index in [9.17, 15) is 13.6 Å². The zero-order valence-corrected chi connectivity index (χ0v) is 10.7. The average Bonchev–Trinajstić information content (AvgIpc) is 2.48. The molecule has 0 saturated carbocycles. The van der Waals surface area contributed by atoms with Gasteiger partial charge in [0.15, 0.2) is 5.69 Å². The predicted molar refractivity (Wildman–Crippen MR) is 69.1 cm³/mol. The maximum Gasteiger partial charge on any atom is 0.272 e. The molecule has 0 radical (unpaired) electrons. The fourth-order valence-corrected chi connectivity index (χ4v) is 1.53. The lowest BCUT2D eigenvalue weighted by molar-refractivity contribution is 0.0944. The molecule has 2 rings (SSSR count). The average molecular weight is 278 g/mol. The van der Waals surface area contributed by atoms with Crippen molar-refractivity contribution in [1.29, 1.82) is 0 Å². The molecule has 0 aliphatic heterocycles. The van der Waals surface area contributed by atoms with Crippen molar-refractivity contribution in [2.75, 3.05) is 12.4 Å². The number of anilines is 1. The SMILES string of the molecule is CNc1ccc(C(=O)NCc2cc(F)ccc2F)nn1. The summed E-state index contributed by atoms with van der Waals surface area (Å²) in [5.74, 6) is -1.13. The first-order valence-electron chi connectivity index (χ1n) is 5.84. The summed E-state index contributed by atoms with van der Waals surface area (Å²) in [6.45, 7) is -0.127. The summed E-state index contributed by atoms with van der Waals surface area (Å²) in [7, 11) is 1.68. The number of aromatic nitrogens is 2. The lowest BCUT2D eigenvalue weighted by atomic mass is 10.2. The third-order valence-electron chi connectivity index (χ3n) is 2.60. The number of rotatable bonds is 4. The number of benzene rings is 1. The van der Waals surface area contributed by atoms with Crippen LogP contribution in [0.2, 0.25) is 0 Å². The first kappa shape index (κ1) is 13.9. The molecule has 7 heteroatoms. The number of carbonyl (C=O) groups is 1. The molecule has 1 amide bonds. The van der Waals surface area contributed by atoms with Crippen LogP contribution in [0.4, 0.5) is 14.6 Å². The fourth-order valence-electron chi connectivity index (χ4n) is 1.53. The minimum Gasteiger partial charge on any atom is -0.372 e. The number of carbonyl (C=O) groups excluding carboxylic acids is 1. The molecule has 0 spiro atoms. The van der Waals surface area contributed by atoms with E-state index in [1.807, 2.05) is 0 Å². The molecule has 2 N–H and O–H groups in total. The van der Waals surface area contributed by atoms with Gasteiger partial charge in [-0.05, 0) is 30.3 Å². The van der Waals surface area contributed by atoms with Crippen LogP contribution < -0.4 is 10.6 Å². The van der Waals surface area contributed by atoms with Crippen molar-refractivity contribution in [1.82, 2.24) is 15.5 Å². The van der Waals surface area contributed by atoms with Crippen molar-refractivity contribution in [3.05, 3.63) is 53.2 Å². The van der Waals surface area contributed by atoms with Crippen LogP contribution in [-0.2, 0) is 6.54 Å². The Hall–Kier alpha value is -2.57. The first-order chi connectivity index (χ1) is 9.60. The van der Waals surface area contributed by atoms with Crippen LogP contribution in [0.3, 0.4) is 0 Å². The maximum absolute atomic E-state index is 13.4. The van der Waals surface area contributed by atoms with Gasteiger partial charge < -0.3 is 10.6 Å². The van der Waals surface area contributed by atoms with Gasteiger partial charge in [-0.2, -0.15) is 0 Å². The van der Waals surface area contributed by atoms with Crippen molar-refractivity contribution in [3.63, 3.8) is 0 Å². The number of hydrogen-bond donors (Lipinski definition) is 2. The van der Waals surface area contributed by atoms with E-state index >= 15 is 0 Å². The molecule has 2 aromatic rings. The number of nitrogens with zero attached hydrogens (tertiary/aromatic N) is 2. The molecule has 0 fully saturated rings. The normalized spacial score (nSPS) is 10.2.